The fraction of sp³-hybridized carbons (Fsp3) is 0.429. The minimum Gasteiger partial charge on any atom is -0.497 e. The minimum absolute atomic E-state index is 0. The summed E-state index contributed by atoms with van der Waals surface area (Å²) in [7, 11) is 1.67. The van der Waals surface area contributed by atoms with Crippen molar-refractivity contribution in [1.82, 2.24) is 15.6 Å². The smallest absolute Gasteiger partial charge is 0.213 e. The average Bonchev–Trinajstić information content (AvgIpc) is 3.53. The summed E-state index contributed by atoms with van der Waals surface area (Å²) in [5.74, 6) is 3.03. The van der Waals surface area contributed by atoms with Gasteiger partial charge in [-0.15, -0.1) is 24.0 Å². The van der Waals surface area contributed by atoms with Gasteiger partial charge < -0.3 is 20.1 Å². The molecule has 0 aliphatic heterocycles. The van der Waals surface area contributed by atoms with Crippen molar-refractivity contribution in [3.63, 3.8) is 0 Å². The quantitative estimate of drug-likeness (QED) is 0.315. The molecule has 1 aromatic carbocycles. The van der Waals surface area contributed by atoms with Gasteiger partial charge in [-0.05, 0) is 55.0 Å². The Morgan fingerprint density at radius 2 is 2.04 bits per heavy atom. The van der Waals surface area contributed by atoms with Gasteiger partial charge in [0.15, 0.2) is 5.96 Å². The lowest BCUT2D eigenvalue weighted by Gasteiger charge is -2.12. The van der Waals surface area contributed by atoms with Gasteiger partial charge in [0.05, 0.1) is 20.3 Å². The van der Waals surface area contributed by atoms with Crippen molar-refractivity contribution in [2.24, 2.45) is 10.9 Å². The third kappa shape index (κ3) is 7.53. The second-order valence-electron chi connectivity index (χ2n) is 6.66. The number of nitrogens with zero attached hydrogens (tertiary/aromatic N) is 2. The van der Waals surface area contributed by atoms with E-state index in [4.69, 9.17) is 9.47 Å². The number of nitrogens with one attached hydrogen (secondary N) is 2. The van der Waals surface area contributed by atoms with E-state index in [0.29, 0.717) is 19.0 Å². The Bertz CT molecular complexity index is 766. The van der Waals surface area contributed by atoms with Gasteiger partial charge in [-0.3, -0.25) is 0 Å². The fourth-order valence-corrected chi connectivity index (χ4v) is 2.60. The number of hydrogen-bond donors (Lipinski definition) is 2. The molecule has 2 N–H and O–H groups in total. The first-order valence-corrected chi connectivity index (χ1v) is 9.49. The Labute approximate surface area is 184 Å². The summed E-state index contributed by atoms with van der Waals surface area (Å²) < 4.78 is 11.0. The summed E-state index contributed by atoms with van der Waals surface area (Å²) in [5.41, 5.74) is 2.22. The van der Waals surface area contributed by atoms with Crippen LogP contribution in [0.4, 0.5) is 0 Å². The molecule has 3 rings (SSSR count). The lowest BCUT2D eigenvalue weighted by atomic mass is 10.2. The van der Waals surface area contributed by atoms with Crippen LogP contribution in [0.1, 0.15) is 30.9 Å². The van der Waals surface area contributed by atoms with Crippen molar-refractivity contribution in [1.29, 1.82) is 0 Å². The Balaban J connectivity index is 0.00000280. The van der Waals surface area contributed by atoms with E-state index < -0.39 is 0 Å². The maximum absolute atomic E-state index is 5.76. The number of ether oxygens (including phenoxy) is 2. The average molecular weight is 496 g/mol. The molecule has 152 valence electrons. The van der Waals surface area contributed by atoms with E-state index in [1.54, 1.807) is 13.3 Å². The molecule has 6 nitrogen and oxygen atoms in total. The highest BCUT2D eigenvalue weighted by molar-refractivity contribution is 14.0. The van der Waals surface area contributed by atoms with E-state index in [9.17, 15) is 0 Å². The summed E-state index contributed by atoms with van der Waals surface area (Å²) in [6.07, 6.45) is 4.34. The first-order chi connectivity index (χ1) is 13.3. The molecule has 0 amide bonds. The number of guanidine groups is 1. The minimum atomic E-state index is 0. The summed E-state index contributed by atoms with van der Waals surface area (Å²) in [6.45, 7) is 4.87. The third-order valence-corrected chi connectivity index (χ3v) is 4.32. The molecule has 2 aromatic rings. The zero-order valence-electron chi connectivity index (χ0n) is 16.5. The number of pyridine rings is 1. The van der Waals surface area contributed by atoms with Gasteiger partial charge in [0.1, 0.15) is 5.75 Å². The van der Waals surface area contributed by atoms with Crippen molar-refractivity contribution in [3.05, 3.63) is 53.7 Å². The van der Waals surface area contributed by atoms with Crippen LogP contribution in [0.15, 0.2) is 47.6 Å². The van der Waals surface area contributed by atoms with Crippen LogP contribution >= 0.6 is 24.0 Å². The van der Waals surface area contributed by atoms with Crippen LogP contribution in [-0.2, 0) is 13.1 Å². The van der Waals surface area contributed by atoms with Crippen LogP contribution in [0.2, 0.25) is 0 Å². The molecular weight excluding hydrogens is 467 g/mol. The molecular formula is C21H29IN4O2. The van der Waals surface area contributed by atoms with Crippen LogP contribution in [0.5, 0.6) is 11.6 Å². The number of benzene rings is 1. The number of aliphatic imine (C=N–C) groups is 1. The van der Waals surface area contributed by atoms with E-state index in [1.165, 1.54) is 12.8 Å². The van der Waals surface area contributed by atoms with Crippen molar-refractivity contribution >= 4 is 29.9 Å². The molecule has 1 heterocycles. The number of aromatic nitrogens is 1. The summed E-state index contributed by atoms with van der Waals surface area (Å²) in [4.78, 5) is 8.94. The molecule has 0 unspecified atom stereocenters. The second kappa shape index (κ2) is 11.7. The van der Waals surface area contributed by atoms with Crippen molar-refractivity contribution in [2.45, 2.75) is 32.9 Å². The molecule has 1 fully saturated rings. The standard InChI is InChI=1S/C21H28N4O2.HI/c1-3-22-21(24-13-17-5-4-6-19(11-17)26-2)25-14-18-9-10-23-20(12-18)27-15-16-7-8-16;/h4-6,9-12,16H,3,7-8,13-15H2,1-2H3,(H2,22,24,25);1H. The number of halogens is 1. The van der Waals surface area contributed by atoms with Gasteiger partial charge in [-0.25, -0.2) is 9.98 Å². The van der Waals surface area contributed by atoms with E-state index in [0.717, 1.165) is 41.9 Å². The fourth-order valence-electron chi connectivity index (χ4n) is 2.60. The Morgan fingerprint density at radius 3 is 2.79 bits per heavy atom. The van der Waals surface area contributed by atoms with Crippen LogP contribution in [0, 0.1) is 5.92 Å². The summed E-state index contributed by atoms with van der Waals surface area (Å²) >= 11 is 0. The van der Waals surface area contributed by atoms with E-state index in [-0.39, 0.29) is 24.0 Å². The number of hydrogen-bond acceptors (Lipinski definition) is 4. The SMILES string of the molecule is CCNC(=NCc1cccc(OC)c1)NCc1ccnc(OCC2CC2)c1.I. The lowest BCUT2D eigenvalue weighted by Crippen LogP contribution is -2.36. The molecule has 7 heteroatoms. The monoisotopic (exact) mass is 496 g/mol. The molecule has 1 aliphatic rings. The predicted octanol–water partition coefficient (Wildman–Crippen LogP) is 3.75. The molecule has 1 aliphatic carbocycles. The third-order valence-electron chi connectivity index (χ3n) is 4.32. The van der Waals surface area contributed by atoms with Gasteiger partial charge in [-0.2, -0.15) is 0 Å². The molecule has 1 aromatic heterocycles. The van der Waals surface area contributed by atoms with Crippen molar-refractivity contribution in [3.8, 4) is 11.6 Å². The van der Waals surface area contributed by atoms with Gasteiger partial charge in [-0.1, -0.05) is 12.1 Å². The van der Waals surface area contributed by atoms with E-state index >= 15 is 0 Å². The highest BCUT2D eigenvalue weighted by Crippen LogP contribution is 2.29. The Kier molecular flexibility index (Phi) is 9.33. The van der Waals surface area contributed by atoms with Crippen molar-refractivity contribution in [2.75, 3.05) is 20.3 Å². The molecule has 0 bridgehead atoms. The zero-order chi connectivity index (χ0) is 18.9. The number of rotatable bonds is 9. The Hall–Kier alpha value is -2.03. The molecule has 0 radical (unpaired) electrons. The van der Waals surface area contributed by atoms with Gasteiger partial charge in [0.2, 0.25) is 5.88 Å². The normalized spacial score (nSPS) is 13.4. The highest BCUT2D eigenvalue weighted by atomic mass is 127. The van der Waals surface area contributed by atoms with E-state index in [1.807, 2.05) is 36.4 Å². The van der Waals surface area contributed by atoms with Gasteiger partial charge >= 0.3 is 0 Å². The largest absolute Gasteiger partial charge is 0.497 e. The molecule has 0 saturated heterocycles. The lowest BCUT2D eigenvalue weighted by molar-refractivity contribution is 0.288. The molecule has 28 heavy (non-hydrogen) atoms. The molecule has 1 saturated carbocycles. The first kappa shape index (κ1) is 22.3. The molecule has 0 atom stereocenters. The van der Waals surface area contributed by atoms with Crippen LogP contribution < -0.4 is 20.1 Å². The van der Waals surface area contributed by atoms with Crippen LogP contribution in [0.3, 0.4) is 0 Å². The summed E-state index contributed by atoms with van der Waals surface area (Å²) in [5, 5.41) is 6.64. The predicted molar refractivity (Wildman–Crippen MR) is 123 cm³/mol. The maximum Gasteiger partial charge on any atom is 0.213 e. The van der Waals surface area contributed by atoms with Gasteiger partial charge in [0, 0.05) is 25.4 Å². The first-order valence-electron chi connectivity index (χ1n) is 9.49. The highest BCUT2D eigenvalue weighted by Gasteiger charge is 2.22. The second-order valence-corrected chi connectivity index (χ2v) is 6.66. The molecule has 0 spiro atoms. The van der Waals surface area contributed by atoms with E-state index in [2.05, 4.69) is 27.5 Å². The Morgan fingerprint density at radius 1 is 1.18 bits per heavy atom. The van der Waals surface area contributed by atoms with Crippen LogP contribution in [0.25, 0.3) is 0 Å². The van der Waals surface area contributed by atoms with Crippen molar-refractivity contribution < 1.29 is 9.47 Å². The van der Waals surface area contributed by atoms with Crippen LogP contribution in [-0.4, -0.2) is 31.2 Å². The topological polar surface area (TPSA) is 67.8 Å². The zero-order valence-corrected chi connectivity index (χ0v) is 18.8. The maximum atomic E-state index is 5.76. The number of methoxy groups -OCH3 is 1. The summed E-state index contributed by atoms with van der Waals surface area (Å²) in [6, 6.07) is 11.9. The van der Waals surface area contributed by atoms with Gasteiger partial charge in [0.25, 0.3) is 0 Å².